The summed E-state index contributed by atoms with van der Waals surface area (Å²) < 4.78 is 11.0. The van der Waals surface area contributed by atoms with Gasteiger partial charge in [0.15, 0.2) is 11.5 Å². The van der Waals surface area contributed by atoms with Gasteiger partial charge >= 0.3 is 0 Å². The average Bonchev–Trinajstić information content (AvgIpc) is 3.16. The zero-order valence-electron chi connectivity index (χ0n) is 25.0. The number of benzene rings is 1. The number of aliphatic imine (C=N–C) groups is 1. The second-order valence-corrected chi connectivity index (χ2v) is 10.8. The molecule has 41 heavy (non-hydrogen) atoms. The SMILES string of the molecule is C=CCCCCc1ccccc1.CNC=S.CNc1ccc(CC2=CC=NC3=CC(OC)=C(OC)C=C(C)C23)pc1. The molecular weight excluding hydrogens is 545 g/mol. The summed E-state index contributed by atoms with van der Waals surface area (Å²) in [6.45, 7) is 5.83. The van der Waals surface area contributed by atoms with Crippen molar-refractivity contribution >= 4 is 37.8 Å². The van der Waals surface area contributed by atoms with Gasteiger partial charge in [0.05, 0.1) is 25.4 Å². The molecule has 1 unspecified atom stereocenters. The summed E-state index contributed by atoms with van der Waals surface area (Å²) in [5, 5.41) is 7.18. The Hall–Kier alpha value is -3.47. The number of anilines is 1. The second kappa shape index (κ2) is 19.6. The van der Waals surface area contributed by atoms with Gasteiger partial charge in [-0.2, -0.15) is 0 Å². The van der Waals surface area contributed by atoms with Crippen LogP contribution in [0.4, 0.5) is 5.69 Å². The number of hydrogen-bond donors (Lipinski definition) is 2. The molecule has 0 bridgehead atoms. The van der Waals surface area contributed by atoms with E-state index < -0.39 is 0 Å². The number of ether oxygens (including phenoxy) is 2. The molecule has 2 aromatic rings. The minimum atomic E-state index is 0.161. The van der Waals surface area contributed by atoms with E-state index in [1.54, 1.807) is 21.3 Å². The second-order valence-electron chi connectivity index (χ2n) is 9.44. The summed E-state index contributed by atoms with van der Waals surface area (Å²) in [6, 6.07) is 15.0. The Kier molecular flexibility index (Phi) is 16.1. The molecule has 4 rings (SSSR count). The predicted molar refractivity (Wildman–Crippen MR) is 182 cm³/mol. The van der Waals surface area contributed by atoms with E-state index >= 15 is 0 Å². The Morgan fingerprint density at radius 3 is 2.32 bits per heavy atom. The number of unbranched alkanes of at least 4 members (excludes halogenated alkanes) is 2. The zero-order chi connectivity index (χ0) is 29.9. The lowest BCUT2D eigenvalue weighted by Crippen LogP contribution is -2.13. The van der Waals surface area contributed by atoms with E-state index in [9.17, 15) is 0 Å². The molecule has 1 aliphatic heterocycles. The Morgan fingerprint density at radius 2 is 1.73 bits per heavy atom. The first-order chi connectivity index (χ1) is 20.0. The van der Waals surface area contributed by atoms with E-state index in [-0.39, 0.29) is 5.92 Å². The van der Waals surface area contributed by atoms with Gasteiger partial charge in [0, 0.05) is 38.0 Å². The molecule has 1 aromatic carbocycles. The fourth-order valence-electron chi connectivity index (χ4n) is 4.42. The highest BCUT2D eigenvalue weighted by molar-refractivity contribution is 7.78. The van der Waals surface area contributed by atoms with Crippen molar-refractivity contribution in [3.8, 4) is 0 Å². The van der Waals surface area contributed by atoms with Crippen molar-refractivity contribution in [2.75, 3.05) is 33.6 Å². The van der Waals surface area contributed by atoms with Crippen molar-refractivity contribution in [3.63, 3.8) is 0 Å². The Morgan fingerprint density at radius 1 is 1.02 bits per heavy atom. The number of methoxy groups -OCH3 is 2. The van der Waals surface area contributed by atoms with Crippen molar-refractivity contribution in [1.29, 1.82) is 0 Å². The highest BCUT2D eigenvalue weighted by Crippen LogP contribution is 2.38. The normalized spacial score (nSPS) is 15.3. The van der Waals surface area contributed by atoms with E-state index in [4.69, 9.17) is 9.47 Å². The monoisotopic (exact) mass is 589 g/mol. The van der Waals surface area contributed by atoms with Crippen LogP contribution in [0, 0.1) is 5.92 Å². The van der Waals surface area contributed by atoms with Crippen molar-refractivity contribution in [1.82, 2.24) is 5.32 Å². The van der Waals surface area contributed by atoms with Gasteiger partial charge in [0.25, 0.3) is 0 Å². The van der Waals surface area contributed by atoms with Crippen LogP contribution in [0.15, 0.2) is 112 Å². The van der Waals surface area contributed by atoms with Crippen LogP contribution in [0.5, 0.6) is 0 Å². The lowest BCUT2D eigenvalue weighted by Gasteiger charge is -2.24. The molecule has 7 heteroatoms. The van der Waals surface area contributed by atoms with Crippen LogP contribution in [-0.4, -0.2) is 40.0 Å². The largest absolute Gasteiger partial charge is 0.493 e. The van der Waals surface area contributed by atoms with E-state index in [1.807, 2.05) is 25.4 Å². The van der Waals surface area contributed by atoms with E-state index in [0.29, 0.717) is 5.76 Å². The molecule has 1 aromatic heterocycles. The lowest BCUT2D eigenvalue weighted by molar-refractivity contribution is 0.241. The number of nitrogens with zero attached hydrogens (tertiary/aromatic N) is 1. The van der Waals surface area contributed by atoms with Crippen LogP contribution >= 0.6 is 20.4 Å². The van der Waals surface area contributed by atoms with Crippen LogP contribution in [0.25, 0.3) is 0 Å². The third-order valence-corrected chi connectivity index (χ3v) is 7.82. The number of fused-ring (bicyclic) bond motifs is 1. The summed E-state index contributed by atoms with van der Waals surface area (Å²) >= 11 is 4.32. The van der Waals surface area contributed by atoms with Gasteiger partial charge in [0.2, 0.25) is 0 Å². The molecule has 0 spiro atoms. The maximum Gasteiger partial charge on any atom is 0.162 e. The van der Waals surface area contributed by atoms with Gasteiger partial charge in [-0.15, -0.1) is 6.58 Å². The maximum atomic E-state index is 5.49. The first-order valence-corrected chi connectivity index (χ1v) is 15.3. The quantitative estimate of drug-likeness (QED) is 0.156. The van der Waals surface area contributed by atoms with E-state index in [1.165, 1.54) is 55.0 Å². The molecule has 0 radical (unpaired) electrons. The Labute approximate surface area is 254 Å². The van der Waals surface area contributed by atoms with Crippen LogP contribution in [0.3, 0.4) is 0 Å². The molecule has 0 saturated heterocycles. The highest BCUT2D eigenvalue weighted by atomic mass is 32.1. The van der Waals surface area contributed by atoms with Crippen molar-refractivity contribution in [2.45, 2.75) is 39.0 Å². The minimum absolute atomic E-state index is 0.161. The van der Waals surface area contributed by atoms with Crippen LogP contribution < -0.4 is 10.6 Å². The molecule has 2 aliphatic rings. The summed E-state index contributed by atoms with van der Waals surface area (Å²) in [5.41, 5.74) is 7.62. The molecule has 1 atom stereocenters. The van der Waals surface area contributed by atoms with Crippen molar-refractivity contribution in [3.05, 3.63) is 118 Å². The molecule has 5 nitrogen and oxygen atoms in total. The molecular formula is C34H44N3O2PS. The maximum absolute atomic E-state index is 5.49. The first kappa shape index (κ1) is 33.7. The first-order valence-electron chi connectivity index (χ1n) is 13.8. The van der Waals surface area contributed by atoms with Crippen molar-refractivity contribution < 1.29 is 9.47 Å². The fraction of sp³-hybridized carbons (Fsp3) is 0.324. The van der Waals surface area contributed by atoms with Gasteiger partial charge in [0.1, 0.15) is 0 Å². The number of hydrogen-bond acceptors (Lipinski definition) is 5. The Balaban J connectivity index is 0.000000306. The average molecular weight is 590 g/mol. The zero-order valence-corrected chi connectivity index (χ0v) is 26.7. The summed E-state index contributed by atoms with van der Waals surface area (Å²) in [6.07, 6.45) is 15.9. The van der Waals surface area contributed by atoms with E-state index in [0.717, 1.165) is 30.0 Å². The Bertz CT molecular complexity index is 1250. The van der Waals surface area contributed by atoms with Crippen LogP contribution in [-0.2, 0) is 22.3 Å². The van der Waals surface area contributed by atoms with Crippen LogP contribution in [0.2, 0.25) is 0 Å². The molecule has 2 heterocycles. The molecule has 218 valence electrons. The number of rotatable bonds is 11. The number of nitrogens with one attached hydrogen (secondary N) is 2. The summed E-state index contributed by atoms with van der Waals surface area (Å²) in [7, 11) is 8.28. The summed E-state index contributed by atoms with van der Waals surface area (Å²) in [5.74, 6) is 3.81. The number of dihydropyridines is 1. The standard InChI is InChI=1S/C20H23N2O2P.C12H16.C2H5NS/c1-13-9-18(23-3)19(24-4)11-17-20(13)14(7-8-22-17)10-16-6-5-15(21-2)12-25-16;1-2-3-4-6-9-12-10-7-5-8-11-12;1-3-2-4/h5-9,11-12,20-21H,10H2,1-4H3;2,5,7-8,10-11H,1,3-4,6,9H2;2H,1H3,(H,3,4). The third-order valence-electron chi connectivity index (χ3n) is 6.54. The molecule has 2 N–H and O–H groups in total. The van der Waals surface area contributed by atoms with Crippen LogP contribution in [0.1, 0.15) is 37.0 Å². The highest BCUT2D eigenvalue weighted by Gasteiger charge is 2.27. The van der Waals surface area contributed by atoms with Gasteiger partial charge in [-0.3, -0.25) is 4.99 Å². The summed E-state index contributed by atoms with van der Waals surface area (Å²) in [4.78, 5) is 4.60. The molecule has 1 aliphatic carbocycles. The lowest BCUT2D eigenvalue weighted by atomic mass is 9.85. The number of allylic oxidation sites excluding steroid dienone is 5. The molecule has 0 amide bonds. The third kappa shape index (κ3) is 11.5. The van der Waals surface area contributed by atoms with Gasteiger partial charge < -0.3 is 20.1 Å². The minimum Gasteiger partial charge on any atom is -0.493 e. The van der Waals surface area contributed by atoms with Crippen molar-refractivity contribution in [2.24, 2.45) is 10.9 Å². The molecule has 0 fully saturated rings. The number of thiocarbonyl (C=S) groups is 1. The van der Waals surface area contributed by atoms with Gasteiger partial charge in [-0.1, -0.05) is 74.0 Å². The topological polar surface area (TPSA) is 54.9 Å². The van der Waals surface area contributed by atoms with Gasteiger partial charge in [-0.25, -0.2) is 0 Å². The smallest absolute Gasteiger partial charge is 0.162 e. The number of aryl methyl sites for hydroxylation is 1. The predicted octanol–water partition coefficient (Wildman–Crippen LogP) is 8.57. The van der Waals surface area contributed by atoms with Gasteiger partial charge in [-0.05, 0) is 73.9 Å². The molecule has 0 saturated carbocycles. The van der Waals surface area contributed by atoms with E-state index in [2.05, 4.69) is 102 Å². The fourth-order valence-corrected chi connectivity index (χ4v) is 5.38.